The van der Waals surface area contributed by atoms with Crippen molar-refractivity contribution in [3.05, 3.63) is 53.2 Å². The van der Waals surface area contributed by atoms with Crippen molar-refractivity contribution >= 4 is 17.6 Å². The molecular formula is C17H15FO3. The van der Waals surface area contributed by atoms with Crippen LogP contribution in [0.5, 0.6) is 0 Å². The molecule has 3 nitrogen and oxygen atoms in total. The van der Waals surface area contributed by atoms with Gasteiger partial charge in [-0.3, -0.25) is 9.59 Å². The summed E-state index contributed by atoms with van der Waals surface area (Å²) in [5.74, 6) is 0.269. The van der Waals surface area contributed by atoms with Crippen molar-refractivity contribution in [3.8, 4) is 11.1 Å². The molecular weight excluding hydrogens is 271 g/mol. The molecule has 0 N–H and O–H groups in total. The zero-order chi connectivity index (χ0) is 15.6. The Hall–Kier alpha value is -2.49. The smallest absolute Gasteiger partial charge is 0.163 e. The Morgan fingerprint density at radius 2 is 1.76 bits per heavy atom. The van der Waals surface area contributed by atoms with Crippen molar-refractivity contribution in [2.75, 3.05) is 0 Å². The zero-order valence-electron chi connectivity index (χ0n) is 12.1. The van der Waals surface area contributed by atoms with Crippen molar-refractivity contribution in [3.63, 3.8) is 0 Å². The Balaban J connectivity index is 2.67. The number of halogens is 1. The van der Waals surface area contributed by atoms with Gasteiger partial charge >= 0.3 is 0 Å². The maximum Gasteiger partial charge on any atom is 0.163 e. The third-order valence-corrected chi connectivity index (χ3v) is 3.07. The fourth-order valence-corrected chi connectivity index (χ4v) is 2.20. The highest BCUT2D eigenvalue weighted by Crippen LogP contribution is 2.34. The molecule has 0 saturated heterocycles. The lowest BCUT2D eigenvalue weighted by Gasteiger charge is -2.03. The Morgan fingerprint density at radius 1 is 1.14 bits per heavy atom. The van der Waals surface area contributed by atoms with Crippen LogP contribution in [0.3, 0.4) is 0 Å². The zero-order valence-corrected chi connectivity index (χ0v) is 12.1. The van der Waals surface area contributed by atoms with Gasteiger partial charge in [-0.1, -0.05) is 12.1 Å². The van der Waals surface area contributed by atoms with E-state index in [0.29, 0.717) is 28.2 Å². The molecule has 0 bridgehead atoms. The molecule has 0 amide bonds. The van der Waals surface area contributed by atoms with Gasteiger partial charge in [-0.05, 0) is 50.6 Å². The third kappa shape index (κ3) is 3.16. The van der Waals surface area contributed by atoms with Crippen molar-refractivity contribution in [1.29, 1.82) is 0 Å². The number of allylic oxidation sites excluding steroid dienone is 1. The number of Topliss-reactive ketones (excluding diaryl/α,β-unsaturated/α-hetero) is 1. The van der Waals surface area contributed by atoms with Gasteiger partial charge in [-0.2, -0.15) is 0 Å². The van der Waals surface area contributed by atoms with E-state index in [2.05, 4.69) is 0 Å². The molecule has 4 heteroatoms. The van der Waals surface area contributed by atoms with Crippen LogP contribution in [0.1, 0.15) is 35.7 Å². The minimum Gasteiger partial charge on any atom is -0.461 e. The van der Waals surface area contributed by atoms with Crippen molar-refractivity contribution < 1.29 is 18.4 Å². The molecule has 21 heavy (non-hydrogen) atoms. The van der Waals surface area contributed by atoms with Crippen LogP contribution in [0, 0.1) is 12.7 Å². The number of benzene rings is 1. The Bertz CT molecular complexity index is 721. The molecule has 2 aromatic rings. The molecule has 0 fully saturated rings. The van der Waals surface area contributed by atoms with E-state index >= 15 is 0 Å². The lowest BCUT2D eigenvalue weighted by atomic mass is 9.97. The molecule has 2 rings (SSSR count). The van der Waals surface area contributed by atoms with Crippen LogP contribution in [0.15, 0.2) is 34.8 Å². The molecule has 1 heterocycles. The van der Waals surface area contributed by atoms with E-state index in [1.54, 1.807) is 19.1 Å². The molecule has 108 valence electrons. The maximum atomic E-state index is 13.1. The summed E-state index contributed by atoms with van der Waals surface area (Å²) in [6.45, 7) is 4.56. The predicted molar refractivity (Wildman–Crippen MR) is 78.6 cm³/mol. The van der Waals surface area contributed by atoms with E-state index in [1.807, 2.05) is 0 Å². The second-order valence-electron chi connectivity index (χ2n) is 4.78. The second-order valence-corrected chi connectivity index (χ2v) is 4.78. The first-order chi connectivity index (χ1) is 9.90. The minimum atomic E-state index is -0.357. The van der Waals surface area contributed by atoms with Gasteiger partial charge in [0.1, 0.15) is 17.3 Å². The molecule has 1 aromatic heterocycles. The number of aryl methyl sites for hydroxylation is 1. The van der Waals surface area contributed by atoms with Gasteiger partial charge in [0.25, 0.3) is 0 Å². The lowest BCUT2D eigenvalue weighted by Crippen LogP contribution is -1.95. The first kappa shape index (κ1) is 14.9. The van der Waals surface area contributed by atoms with Gasteiger partial charge < -0.3 is 4.42 Å². The summed E-state index contributed by atoms with van der Waals surface area (Å²) in [7, 11) is 0. The van der Waals surface area contributed by atoms with E-state index in [0.717, 1.165) is 0 Å². The van der Waals surface area contributed by atoms with Crippen LogP contribution in [-0.2, 0) is 4.79 Å². The summed E-state index contributed by atoms with van der Waals surface area (Å²) in [6, 6.07) is 5.80. The Labute approximate surface area is 122 Å². The van der Waals surface area contributed by atoms with Gasteiger partial charge in [0, 0.05) is 5.56 Å². The first-order valence-corrected chi connectivity index (χ1v) is 6.49. The summed E-state index contributed by atoms with van der Waals surface area (Å²) in [5.41, 5.74) is 1.70. The molecule has 0 unspecified atom stereocenters. The highest BCUT2D eigenvalue weighted by atomic mass is 19.1. The van der Waals surface area contributed by atoms with Crippen LogP contribution >= 0.6 is 0 Å². The van der Waals surface area contributed by atoms with E-state index in [-0.39, 0.29) is 17.4 Å². The first-order valence-electron chi connectivity index (χ1n) is 6.49. The summed E-state index contributed by atoms with van der Waals surface area (Å²) in [6.07, 6.45) is 2.90. The number of furan rings is 1. The van der Waals surface area contributed by atoms with Crippen LogP contribution < -0.4 is 0 Å². The molecule has 1 aromatic carbocycles. The number of hydrogen-bond acceptors (Lipinski definition) is 3. The van der Waals surface area contributed by atoms with Crippen molar-refractivity contribution in [2.24, 2.45) is 0 Å². The molecule has 0 aliphatic rings. The van der Waals surface area contributed by atoms with Gasteiger partial charge in [-0.15, -0.1) is 0 Å². The lowest BCUT2D eigenvalue weighted by molar-refractivity contribution is -0.112. The third-order valence-electron chi connectivity index (χ3n) is 3.07. The van der Waals surface area contributed by atoms with E-state index < -0.39 is 0 Å². The van der Waals surface area contributed by atoms with Gasteiger partial charge in [0.15, 0.2) is 11.6 Å². The molecule has 0 spiro atoms. The molecule has 0 aliphatic carbocycles. The van der Waals surface area contributed by atoms with Crippen LogP contribution in [0.4, 0.5) is 4.39 Å². The van der Waals surface area contributed by atoms with Crippen LogP contribution in [0.2, 0.25) is 0 Å². The Morgan fingerprint density at radius 3 is 2.29 bits per heavy atom. The average molecular weight is 286 g/mol. The largest absolute Gasteiger partial charge is 0.461 e. The van der Waals surface area contributed by atoms with Crippen molar-refractivity contribution in [1.82, 2.24) is 0 Å². The van der Waals surface area contributed by atoms with Crippen LogP contribution in [-0.4, -0.2) is 11.6 Å². The molecule has 0 saturated carbocycles. The maximum absolute atomic E-state index is 13.1. The van der Waals surface area contributed by atoms with Crippen LogP contribution in [0.25, 0.3) is 17.2 Å². The molecule has 0 aliphatic heterocycles. The average Bonchev–Trinajstić information content (AvgIpc) is 2.74. The number of carbonyl (C=O) groups is 2. The quantitative estimate of drug-likeness (QED) is 0.625. The molecule has 0 atom stereocenters. The number of rotatable bonds is 4. The van der Waals surface area contributed by atoms with Crippen molar-refractivity contribution in [2.45, 2.75) is 20.8 Å². The summed E-state index contributed by atoms with van der Waals surface area (Å²) < 4.78 is 18.7. The van der Waals surface area contributed by atoms with Gasteiger partial charge in [0.2, 0.25) is 0 Å². The summed E-state index contributed by atoms with van der Waals surface area (Å²) in [4.78, 5) is 22.9. The van der Waals surface area contributed by atoms with Gasteiger partial charge in [0.05, 0.1) is 5.56 Å². The second kappa shape index (κ2) is 5.87. The predicted octanol–water partition coefficient (Wildman–Crippen LogP) is 4.20. The normalized spacial score (nSPS) is 11.0. The topological polar surface area (TPSA) is 47.3 Å². The number of carbonyl (C=O) groups excluding carboxylic acids is 2. The highest BCUT2D eigenvalue weighted by Gasteiger charge is 2.21. The fourth-order valence-electron chi connectivity index (χ4n) is 2.20. The van der Waals surface area contributed by atoms with E-state index in [9.17, 15) is 14.0 Å². The van der Waals surface area contributed by atoms with E-state index in [4.69, 9.17) is 4.42 Å². The number of ketones is 2. The molecule has 0 radical (unpaired) electrons. The fraction of sp³-hybridized carbons (Fsp3) is 0.176. The van der Waals surface area contributed by atoms with E-state index in [1.165, 1.54) is 38.1 Å². The monoisotopic (exact) mass is 286 g/mol. The highest BCUT2D eigenvalue weighted by molar-refractivity contribution is 6.04. The summed E-state index contributed by atoms with van der Waals surface area (Å²) in [5, 5.41) is 0. The van der Waals surface area contributed by atoms with Gasteiger partial charge in [-0.25, -0.2) is 4.39 Å². The number of hydrogen-bond donors (Lipinski definition) is 0. The summed E-state index contributed by atoms with van der Waals surface area (Å²) >= 11 is 0. The standard InChI is InChI=1S/C17H15FO3/c1-10(19)4-9-15-17(13-5-7-14(18)8-6-13)16(11(2)20)12(3)21-15/h4-9H,1-3H3/b9-4+. The SMILES string of the molecule is CC(=O)/C=C/c1oc(C)c(C(C)=O)c1-c1ccc(F)cc1. The minimum absolute atomic E-state index is 0.126. The Kier molecular flexibility index (Phi) is 4.17.